The molecule has 90 valence electrons. The minimum absolute atomic E-state index is 0.0881. The van der Waals surface area contributed by atoms with Crippen molar-refractivity contribution in [3.05, 3.63) is 11.9 Å². The Kier molecular flexibility index (Phi) is 4.22. The van der Waals surface area contributed by atoms with Crippen LogP contribution in [0.15, 0.2) is 6.20 Å². The number of carboxylic acids is 1. The Morgan fingerprint density at radius 3 is 2.94 bits per heavy atom. The van der Waals surface area contributed by atoms with Crippen LogP contribution < -0.4 is 5.32 Å². The minimum Gasteiger partial charge on any atom is -0.476 e. The fraction of sp³-hybridized carbons (Fsp3) is 0.400. The number of carbonyl (C=O) groups excluding carboxylic acids is 1. The monoisotopic (exact) mass is 236 g/mol. The Bertz CT molecular complexity index is 460. The van der Waals surface area contributed by atoms with Gasteiger partial charge in [0.2, 0.25) is 5.91 Å². The van der Waals surface area contributed by atoms with E-state index in [1.807, 2.05) is 0 Å². The third-order valence-corrected chi connectivity index (χ3v) is 1.89. The molecule has 1 heterocycles. The lowest BCUT2D eigenvalue weighted by molar-refractivity contribution is -0.122. The van der Waals surface area contributed by atoms with Crippen molar-refractivity contribution in [1.29, 1.82) is 0 Å². The Morgan fingerprint density at radius 1 is 1.71 bits per heavy atom. The second-order valence-corrected chi connectivity index (χ2v) is 3.48. The number of carboxylic acid groups (broad SMARTS) is 1. The van der Waals surface area contributed by atoms with Crippen molar-refractivity contribution >= 4 is 11.9 Å². The molecule has 0 saturated carbocycles. The number of hydrogen-bond donors (Lipinski definition) is 2. The first-order valence-electron chi connectivity index (χ1n) is 4.89. The van der Waals surface area contributed by atoms with Gasteiger partial charge in [0.05, 0.1) is 6.20 Å². The van der Waals surface area contributed by atoms with Gasteiger partial charge in [0.1, 0.15) is 6.54 Å². The van der Waals surface area contributed by atoms with Gasteiger partial charge in [-0.15, -0.1) is 17.4 Å². The number of terminal acetylenes is 1. The molecule has 7 nitrogen and oxygen atoms in total. The molecule has 0 fully saturated rings. The van der Waals surface area contributed by atoms with Crippen molar-refractivity contribution in [1.82, 2.24) is 20.3 Å². The van der Waals surface area contributed by atoms with Crippen LogP contribution in [-0.4, -0.2) is 38.0 Å². The summed E-state index contributed by atoms with van der Waals surface area (Å²) in [4.78, 5) is 22.0. The fourth-order valence-electron chi connectivity index (χ4n) is 1.17. The smallest absolute Gasteiger partial charge is 0.358 e. The van der Waals surface area contributed by atoms with E-state index in [0.29, 0.717) is 6.42 Å². The minimum atomic E-state index is -1.18. The van der Waals surface area contributed by atoms with E-state index in [9.17, 15) is 9.59 Å². The van der Waals surface area contributed by atoms with Crippen LogP contribution >= 0.6 is 0 Å². The van der Waals surface area contributed by atoms with Gasteiger partial charge in [-0.05, 0) is 6.92 Å². The molecule has 7 heteroatoms. The highest BCUT2D eigenvalue weighted by atomic mass is 16.4. The van der Waals surface area contributed by atoms with E-state index in [1.54, 1.807) is 6.92 Å². The van der Waals surface area contributed by atoms with E-state index in [0.717, 1.165) is 4.68 Å². The molecule has 1 rings (SSSR count). The first-order valence-corrected chi connectivity index (χ1v) is 4.89. The Labute approximate surface area is 97.8 Å². The zero-order valence-corrected chi connectivity index (χ0v) is 9.25. The maximum absolute atomic E-state index is 11.5. The predicted octanol–water partition coefficient (Wildman–Crippen LogP) is -0.496. The lowest BCUT2D eigenvalue weighted by atomic mass is 10.2. The van der Waals surface area contributed by atoms with Crippen LogP contribution in [0.4, 0.5) is 0 Å². The number of rotatable bonds is 5. The molecule has 1 amide bonds. The molecule has 0 spiro atoms. The number of aromatic carboxylic acids is 1. The number of amides is 1. The number of aromatic nitrogens is 3. The third-order valence-electron chi connectivity index (χ3n) is 1.89. The number of carbonyl (C=O) groups is 2. The second kappa shape index (κ2) is 5.65. The normalized spacial score (nSPS) is 11.5. The summed E-state index contributed by atoms with van der Waals surface area (Å²) in [7, 11) is 0. The van der Waals surface area contributed by atoms with Crippen LogP contribution in [0.1, 0.15) is 23.8 Å². The molecule has 1 atom stereocenters. The van der Waals surface area contributed by atoms with Gasteiger partial charge in [-0.1, -0.05) is 5.21 Å². The maximum atomic E-state index is 11.5. The second-order valence-electron chi connectivity index (χ2n) is 3.48. The van der Waals surface area contributed by atoms with Crippen molar-refractivity contribution in [2.45, 2.75) is 25.9 Å². The molecule has 1 unspecified atom stereocenters. The van der Waals surface area contributed by atoms with Gasteiger partial charge >= 0.3 is 5.97 Å². The van der Waals surface area contributed by atoms with Crippen molar-refractivity contribution in [3.63, 3.8) is 0 Å². The molecule has 0 aliphatic rings. The van der Waals surface area contributed by atoms with Crippen molar-refractivity contribution in [2.24, 2.45) is 0 Å². The van der Waals surface area contributed by atoms with Gasteiger partial charge in [0.25, 0.3) is 0 Å². The molecule has 17 heavy (non-hydrogen) atoms. The standard InChI is InChI=1S/C10H12N4O3/c1-3-4-7(2)11-9(15)6-14-5-8(10(16)17)12-13-14/h1,5,7H,4,6H2,2H3,(H,11,15)(H,16,17). The summed E-state index contributed by atoms with van der Waals surface area (Å²) in [6, 6.07) is -0.130. The average Bonchev–Trinajstić information content (AvgIpc) is 2.66. The van der Waals surface area contributed by atoms with Crippen LogP contribution in [-0.2, 0) is 11.3 Å². The number of hydrogen-bond acceptors (Lipinski definition) is 4. The van der Waals surface area contributed by atoms with Gasteiger partial charge in [-0.3, -0.25) is 4.79 Å². The van der Waals surface area contributed by atoms with E-state index in [4.69, 9.17) is 11.5 Å². The molecule has 0 saturated heterocycles. The summed E-state index contributed by atoms with van der Waals surface area (Å²) in [5, 5.41) is 18.2. The third kappa shape index (κ3) is 3.95. The molecule has 1 aromatic rings. The topological polar surface area (TPSA) is 97.1 Å². The molecule has 0 aliphatic carbocycles. The molecule has 0 bridgehead atoms. The Balaban J connectivity index is 2.51. The highest BCUT2D eigenvalue weighted by Crippen LogP contribution is 1.93. The Morgan fingerprint density at radius 2 is 2.41 bits per heavy atom. The van der Waals surface area contributed by atoms with Crippen LogP contribution in [0.5, 0.6) is 0 Å². The molecule has 0 aromatic carbocycles. The number of nitrogens with one attached hydrogen (secondary N) is 1. The Hall–Kier alpha value is -2.36. The van der Waals surface area contributed by atoms with Crippen LogP contribution in [0, 0.1) is 12.3 Å². The molecule has 2 N–H and O–H groups in total. The average molecular weight is 236 g/mol. The first-order chi connectivity index (χ1) is 8.02. The fourth-order valence-corrected chi connectivity index (χ4v) is 1.17. The largest absolute Gasteiger partial charge is 0.476 e. The summed E-state index contributed by atoms with van der Waals surface area (Å²) >= 11 is 0. The van der Waals surface area contributed by atoms with Gasteiger partial charge in [-0.2, -0.15) is 0 Å². The van der Waals surface area contributed by atoms with Gasteiger partial charge < -0.3 is 10.4 Å². The summed E-state index contributed by atoms with van der Waals surface area (Å²) < 4.78 is 1.15. The lowest BCUT2D eigenvalue weighted by Crippen LogP contribution is -2.34. The lowest BCUT2D eigenvalue weighted by Gasteiger charge is -2.10. The van der Waals surface area contributed by atoms with Gasteiger partial charge in [-0.25, -0.2) is 9.48 Å². The van der Waals surface area contributed by atoms with E-state index in [1.165, 1.54) is 6.20 Å². The first kappa shape index (κ1) is 12.7. The predicted molar refractivity (Wildman–Crippen MR) is 58.0 cm³/mol. The van der Waals surface area contributed by atoms with Gasteiger partial charge in [0, 0.05) is 12.5 Å². The quantitative estimate of drug-likeness (QED) is 0.672. The molecule has 1 aromatic heterocycles. The SMILES string of the molecule is C#CCC(C)NC(=O)Cn1cc(C(=O)O)nn1. The number of nitrogens with zero attached hydrogens (tertiary/aromatic N) is 3. The van der Waals surface area contributed by atoms with Crippen LogP contribution in [0.2, 0.25) is 0 Å². The van der Waals surface area contributed by atoms with E-state index >= 15 is 0 Å². The van der Waals surface area contributed by atoms with Crippen molar-refractivity contribution in [3.8, 4) is 12.3 Å². The highest BCUT2D eigenvalue weighted by molar-refractivity contribution is 5.84. The summed E-state index contributed by atoms with van der Waals surface area (Å²) in [5.74, 6) is 0.949. The molecule has 0 aliphatic heterocycles. The van der Waals surface area contributed by atoms with E-state index < -0.39 is 5.97 Å². The van der Waals surface area contributed by atoms with Crippen molar-refractivity contribution in [2.75, 3.05) is 0 Å². The zero-order valence-electron chi connectivity index (χ0n) is 9.25. The summed E-state index contributed by atoms with van der Waals surface area (Å²) in [6.45, 7) is 1.69. The summed E-state index contributed by atoms with van der Waals surface area (Å²) in [5.41, 5.74) is -0.200. The maximum Gasteiger partial charge on any atom is 0.358 e. The summed E-state index contributed by atoms with van der Waals surface area (Å²) in [6.07, 6.45) is 6.72. The highest BCUT2D eigenvalue weighted by Gasteiger charge is 2.11. The van der Waals surface area contributed by atoms with E-state index in [2.05, 4.69) is 21.5 Å². The molecule has 0 radical (unpaired) electrons. The van der Waals surface area contributed by atoms with E-state index in [-0.39, 0.29) is 24.2 Å². The van der Waals surface area contributed by atoms with Crippen LogP contribution in [0.25, 0.3) is 0 Å². The zero-order chi connectivity index (χ0) is 12.8. The molecular weight excluding hydrogens is 224 g/mol. The van der Waals surface area contributed by atoms with Gasteiger partial charge in [0.15, 0.2) is 5.69 Å². The van der Waals surface area contributed by atoms with Crippen molar-refractivity contribution < 1.29 is 14.7 Å². The van der Waals surface area contributed by atoms with Crippen LogP contribution in [0.3, 0.4) is 0 Å². The molecular formula is C10H12N4O3.